The van der Waals surface area contributed by atoms with Crippen molar-refractivity contribution < 1.29 is 0 Å². The van der Waals surface area contributed by atoms with E-state index in [9.17, 15) is 0 Å². The van der Waals surface area contributed by atoms with Crippen LogP contribution in [0.4, 0.5) is 5.95 Å². The van der Waals surface area contributed by atoms with E-state index in [1.165, 1.54) is 16.0 Å². The first-order valence-electron chi connectivity index (χ1n) is 6.31. The summed E-state index contributed by atoms with van der Waals surface area (Å²) < 4.78 is 0. The Balaban J connectivity index is 2.07. The van der Waals surface area contributed by atoms with Gasteiger partial charge in [0.25, 0.3) is 0 Å². The monoisotopic (exact) mass is 285 g/mol. The molecule has 2 aromatic heterocycles. The molecule has 0 unspecified atom stereocenters. The van der Waals surface area contributed by atoms with Crippen molar-refractivity contribution in [3.8, 4) is 0 Å². The Morgan fingerprint density at radius 1 is 1.20 bits per heavy atom. The quantitative estimate of drug-likeness (QED) is 0.724. The number of aromatic amines is 1. The van der Waals surface area contributed by atoms with Gasteiger partial charge in [0, 0.05) is 11.9 Å². The number of nitrogens with zero attached hydrogens (tertiary/aromatic N) is 3. The Morgan fingerprint density at radius 3 is 2.80 bits per heavy atom. The van der Waals surface area contributed by atoms with Crippen molar-refractivity contribution >= 4 is 28.9 Å². The van der Waals surface area contributed by atoms with Crippen LogP contribution in [0.25, 0.3) is 11.2 Å². The second-order valence-electron chi connectivity index (χ2n) is 4.57. The average molecular weight is 285 g/mol. The minimum atomic E-state index is 0.580. The fourth-order valence-corrected chi connectivity index (χ4v) is 2.96. The van der Waals surface area contributed by atoms with E-state index >= 15 is 0 Å². The molecule has 3 rings (SSSR count). The van der Waals surface area contributed by atoms with Crippen LogP contribution in [0.15, 0.2) is 34.4 Å². The SMILES string of the molecule is CNc1nc(Sc2ccc(C)cc2C)c2[nH]cnc2n1. The van der Waals surface area contributed by atoms with Gasteiger partial charge in [-0.25, -0.2) is 9.97 Å². The molecule has 0 bridgehead atoms. The number of rotatable bonds is 3. The van der Waals surface area contributed by atoms with E-state index in [-0.39, 0.29) is 0 Å². The third kappa shape index (κ3) is 2.34. The Labute approximate surface area is 121 Å². The van der Waals surface area contributed by atoms with E-state index in [0.29, 0.717) is 11.6 Å². The molecule has 3 aromatic rings. The second-order valence-corrected chi connectivity index (χ2v) is 5.61. The maximum absolute atomic E-state index is 4.52. The molecule has 0 saturated carbocycles. The van der Waals surface area contributed by atoms with Gasteiger partial charge in [0.2, 0.25) is 5.95 Å². The summed E-state index contributed by atoms with van der Waals surface area (Å²) in [6.45, 7) is 4.21. The Kier molecular flexibility index (Phi) is 3.31. The molecule has 0 fully saturated rings. The number of aromatic nitrogens is 4. The lowest BCUT2D eigenvalue weighted by Gasteiger charge is -2.07. The number of benzene rings is 1. The summed E-state index contributed by atoms with van der Waals surface area (Å²) in [5.74, 6) is 0.580. The lowest BCUT2D eigenvalue weighted by Crippen LogP contribution is -1.98. The Hall–Kier alpha value is -2.08. The maximum Gasteiger partial charge on any atom is 0.225 e. The summed E-state index contributed by atoms with van der Waals surface area (Å²) in [5, 5.41) is 3.85. The van der Waals surface area contributed by atoms with Crippen molar-refractivity contribution in [1.29, 1.82) is 0 Å². The van der Waals surface area contributed by atoms with Gasteiger partial charge in [0.05, 0.1) is 6.33 Å². The number of imidazole rings is 1. The van der Waals surface area contributed by atoms with Gasteiger partial charge in [-0.15, -0.1) is 0 Å². The molecule has 0 amide bonds. The van der Waals surface area contributed by atoms with Crippen molar-refractivity contribution in [3.63, 3.8) is 0 Å². The topological polar surface area (TPSA) is 66.5 Å². The van der Waals surface area contributed by atoms with Gasteiger partial charge in [-0.2, -0.15) is 4.98 Å². The summed E-state index contributed by atoms with van der Waals surface area (Å²) in [6, 6.07) is 6.41. The molecular weight excluding hydrogens is 270 g/mol. The van der Waals surface area contributed by atoms with Gasteiger partial charge >= 0.3 is 0 Å². The van der Waals surface area contributed by atoms with Gasteiger partial charge in [0.1, 0.15) is 10.5 Å². The van der Waals surface area contributed by atoms with E-state index < -0.39 is 0 Å². The van der Waals surface area contributed by atoms with Crippen LogP contribution < -0.4 is 5.32 Å². The zero-order valence-corrected chi connectivity index (χ0v) is 12.4. The van der Waals surface area contributed by atoms with Gasteiger partial charge in [-0.1, -0.05) is 29.5 Å². The van der Waals surface area contributed by atoms with Crippen LogP contribution in [0.1, 0.15) is 11.1 Å². The van der Waals surface area contributed by atoms with Crippen LogP contribution in [0, 0.1) is 13.8 Å². The number of H-pyrrole nitrogens is 1. The van der Waals surface area contributed by atoms with E-state index in [2.05, 4.69) is 57.3 Å². The number of anilines is 1. The molecule has 0 aliphatic rings. The minimum absolute atomic E-state index is 0.580. The van der Waals surface area contributed by atoms with E-state index in [4.69, 9.17) is 0 Å². The lowest BCUT2D eigenvalue weighted by molar-refractivity contribution is 1.08. The predicted octanol–water partition coefficient (Wildman–Crippen LogP) is 3.16. The molecule has 20 heavy (non-hydrogen) atoms. The zero-order valence-electron chi connectivity index (χ0n) is 11.6. The largest absolute Gasteiger partial charge is 0.357 e. The van der Waals surface area contributed by atoms with Crippen molar-refractivity contribution in [1.82, 2.24) is 19.9 Å². The summed E-state index contributed by atoms with van der Waals surface area (Å²) in [4.78, 5) is 17.3. The van der Waals surface area contributed by atoms with Gasteiger partial charge in [0.15, 0.2) is 5.65 Å². The highest BCUT2D eigenvalue weighted by atomic mass is 32.2. The van der Waals surface area contributed by atoms with Gasteiger partial charge in [-0.3, -0.25) is 0 Å². The number of hydrogen-bond donors (Lipinski definition) is 2. The molecule has 2 heterocycles. The average Bonchev–Trinajstić information content (AvgIpc) is 2.90. The molecule has 5 nitrogen and oxygen atoms in total. The molecule has 0 aliphatic carbocycles. The number of nitrogens with one attached hydrogen (secondary N) is 2. The van der Waals surface area contributed by atoms with Crippen molar-refractivity contribution in [2.24, 2.45) is 0 Å². The molecule has 0 spiro atoms. The smallest absolute Gasteiger partial charge is 0.225 e. The third-order valence-corrected chi connectivity index (χ3v) is 4.18. The van der Waals surface area contributed by atoms with Gasteiger partial charge < -0.3 is 10.3 Å². The molecular formula is C14H15N5S. The zero-order chi connectivity index (χ0) is 14.1. The normalized spacial score (nSPS) is 10.9. The molecule has 0 aliphatic heterocycles. The van der Waals surface area contributed by atoms with Crippen molar-refractivity contribution in [3.05, 3.63) is 35.7 Å². The molecule has 102 valence electrons. The molecule has 2 N–H and O–H groups in total. The van der Waals surface area contributed by atoms with Crippen LogP contribution in [0.2, 0.25) is 0 Å². The van der Waals surface area contributed by atoms with Crippen LogP contribution in [-0.2, 0) is 0 Å². The number of fused-ring (bicyclic) bond motifs is 1. The van der Waals surface area contributed by atoms with E-state index in [1.54, 1.807) is 25.1 Å². The van der Waals surface area contributed by atoms with Gasteiger partial charge in [-0.05, 0) is 25.5 Å². The second kappa shape index (κ2) is 5.13. The highest BCUT2D eigenvalue weighted by Crippen LogP contribution is 2.33. The number of aryl methyl sites for hydroxylation is 2. The minimum Gasteiger partial charge on any atom is -0.357 e. The molecule has 0 atom stereocenters. The standard InChI is InChI=1S/C14H15N5S/c1-8-4-5-10(9(2)6-8)20-13-11-12(17-7-16-11)18-14(15-3)19-13/h4-7H,1-3H3,(H2,15,16,17,18,19). The first-order valence-corrected chi connectivity index (χ1v) is 7.13. The van der Waals surface area contributed by atoms with Crippen LogP contribution >= 0.6 is 11.8 Å². The first-order chi connectivity index (χ1) is 9.67. The van der Waals surface area contributed by atoms with Crippen molar-refractivity contribution in [2.75, 3.05) is 12.4 Å². The molecule has 1 aromatic carbocycles. The predicted molar refractivity (Wildman–Crippen MR) is 81.3 cm³/mol. The first kappa shape index (κ1) is 12.9. The summed E-state index contributed by atoms with van der Waals surface area (Å²) in [7, 11) is 1.80. The fourth-order valence-electron chi connectivity index (χ4n) is 2.01. The van der Waals surface area contributed by atoms with Crippen molar-refractivity contribution in [2.45, 2.75) is 23.8 Å². The summed E-state index contributed by atoms with van der Waals surface area (Å²) in [6.07, 6.45) is 1.64. The fraction of sp³-hybridized carbons (Fsp3) is 0.214. The molecule has 6 heteroatoms. The van der Waals surface area contributed by atoms with Crippen LogP contribution in [0.3, 0.4) is 0 Å². The van der Waals surface area contributed by atoms with E-state index in [1.807, 2.05) is 0 Å². The van der Waals surface area contributed by atoms with Crippen LogP contribution in [-0.4, -0.2) is 27.0 Å². The Morgan fingerprint density at radius 2 is 2.05 bits per heavy atom. The Bertz CT molecular complexity index is 765. The summed E-state index contributed by atoms with van der Waals surface area (Å²) in [5.41, 5.74) is 4.05. The van der Waals surface area contributed by atoms with E-state index in [0.717, 1.165) is 10.5 Å². The third-order valence-electron chi connectivity index (χ3n) is 3.01. The molecule has 0 radical (unpaired) electrons. The molecule has 0 saturated heterocycles. The summed E-state index contributed by atoms with van der Waals surface area (Å²) >= 11 is 1.62. The highest BCUT2D eigenvalue weighted by Gasteiger charge is 2.12. The maximum atomic E-state index is 4.52. The van der Waals surface area contributed by atoms with Crippen LogP contribution in [0.5, 0.6) is 0 Å². The highest BCUT2D eigenvalue weighted by molar-refractivity contribution is 7.99. The lowest BCUT2D eigenvalue weighted by atomic mass is 10.2. The number of hydrogen-bond acceptors (Lipinski definition) is 5.